The molecule has 0 aliphatic carbocycles. The number of carbonyl (C=O) groups is 1. The molecule has 5 nitrogen and oxygen atoms in total. The number of thioether (sulfide) groups is 1. The summed E-state index contributed by atoms with van der Waals surface area (Å²) in [5.74, 6) is 0.512. The number of nitrogens with one attached hydrogen (secondary N) is 2. The average Bonchev–Trinajstić information content (AvgIpc) is 2.87. The molecule has 2 rings (SSSR count). The maximum atomic E-state index is 12.3. The number of carbonyl (C=O) groups excluding carboxylic acids is 1. The standard InChI is InChI=1S/C15H20N4OS/c1-15(2,3)13(21-4)14(20)17-12-9-11(18-19-12)10-5-7-16-8-6-10/h5-9,13H,1-4H3,(H2,17,18,19,20)/t13-/m0/s1. The Morgan fingerprint density at radius 1 is 1.33 bits per heavy atom. The zero-order valence-corrected chi connectivity index (χ0v) is 13.5. The summed E-state index contributed by atoms with van der Waals surface area (Å²) in [6.45, 7) is 6.17. The normalized spacial score (nSPS) is 13.0. The molecule has 2 aromatic rings. The van der Waals surface area contributed by atoms with E-state index in [0.29, 0.717) is 5.82 Å². The molecule has 1 amide bonds. The minimum atomic E-state index is -0.126. The summed E-state index contributed by atoms with van der Waals surface area (Å²) >= 11 is 1.55. The Bertz CT molecular complexity index is 604. The smallest absolute Gasteiger partial charge is 0.239 e. The van der Waals surface area contributed by atoms with Crippen molar-refractivity contribution in [2.75, 3.05) is 11.6 Å². The molecule has 112 valence electrons. The second kappa shape index (κ2) is 6.30. The molecule has 0 aliphatic rings. The number of aromatic nitrogens is 3. The number of H-pyrrole nitrogens is 1. The van der Waals surface area contributed by atoms with Gasteiger partial charge in [-0.1, -0.05) is 20.8 Å². The van der Waals surface area contributed by atoms with Crippen molar-refractivity contribution < 1.29 is 4.79 Å². The highest BCUT2D eigenvalue weighted by Gasteiger charge is 2.30. The van der Waals surface area contributed by atoms with Crippen LogP contribution in [0.25, 0.3) is 11.3 Å². The van der Waals surface area contributed by atoms with Gasteiger partial charge in [0.25, 0.3) is 0 Å². The van der Waals surface area contributed by atoms with E-state index in [0.717, 1.165) is 11.3 Å². The van der Waals surface area contributed by atoms with Crippen LogP contribution < -0.4 is 5.32 Å². The number of amides is 1. The lowest BCUT2D eigenvalue weighted by molar-refractivity contribution is -0.117. The van der Waals surface area contributed by atoms with Gasteiger partial charge in [-0.05, 0) is 23.8 Å². The van der Waals surface area contributed by atoms with Crippen molar-refractivity contribution in [3.8, 4) is 11.3 Å². The molecule has 0 aliphatic heterocycles. The first kappa shape index (κ1) is 15.6. The monoisotopic (exact) mass is 304 g/mol. The SMILES string of the molecule is CS[C@@H](C(=O)Nc1cc(-c2ccncc2)[nH]n1)C(C)(C)C. The Morgan fingerprint density at radius 2 is 2.00 bits per heavy atom. The fourth-order valence-electron chi connectivity index (χ4n) is 2.11. The zero-order valence-electron chi connectivity index (χ0n) is 12.7. The van der Waals surface area contributed by atoms with Gasteiger partial charge in [0.2, 0.25) is 5.91 Å². The van der Waals surface area contributed by atoms with Crippen LogP contribution in [-0.4, -0.2) is 32.6 Å². The predicted octanol–water partition coefficient (Wildman–Crippen LogP) is 3.19. The highest BCUT2D eigenvalue weighted by atomic mass is 32.2. The lowest BCUT2D eigenvalue weighted by Gasteiger charge is -2.27. The Hall–Kier alpha value is -1.82. The number of nitrogens with zero attached hydrogens (tertiary/aromatic N) is 2. The van der Waals surface area contributed by atoms with Crippen LogP contribution in [0.1, 0.15) is 20.8 Å². The van der Waals surface area contributed by atoms with Crippen molar-refractivity contribution in [2.24, 2.45) is 5.41 Å². The lowest BCUT2D eigenvalue weighted by atomic mass is 9.91. The van der Waals surface area contributed by atoms with Crippen LogP contribution in [0.2, 0.25) is 0 Å². The number of rotatable bonds is 4. The van der Waals surface area contributed by atoms with E-state index in [1.54, 1.807) is 24.2 Å². The summed E-state index contributed by atoms with van der Waals surface area (Å²) in [6.07, 6.45) is 5.39. The van der Waals surface area contributed by atoms with Crippen LogP contribution in [0, 0.1) is 5.41 Å². The van der Waals surface area contributed by atoms with Crippen LogP contribution >= 0.6 is 11.8 Å². The summed E-state index contributed by atoms with van der Waals surface area (Å²) in [6, 6.07) is 5.60. The van der Waals surface area contributed by atoms with Crippen molar-refractivity contribution in [2.45, 2.75) is 26.0 Å². The summed E-state index contributed by atoms with van der Waals surface area (Å²) in [5.41, 5.74) is 1.73. The third-order valence-electron chi connectivity index (χ3n) is 3.08. The van der Waals surface area contributed by atoms with E-state index in [2.05, 4.69) is 41.3 Å². The maximum Gasteiger partial charge on any atom is 0.239 e. The topological polar surface area (TPSA) is 70.7 Å². The van der Waals surface area contributed by atoms with E-state index >= 15 is 0 Å². The molecule has 2 heterocycles. The highest BCUT2D eigenvalue weighted by Crippen LogP contribution is 2.30. The molecule has 6 heteroatoms. The first-order chi connectivity index (χ1) is 9.91. The Morgan fingerprint density at radius 3 is 2.57 bits per heavy atom. The van der Waals surface area contributed by atoms with Gasteiger partial charge in [-0.15, -0.1) is 0 Å². The number of hydrogen-bond acceptors (Lipinski definition) is 4. The number of hydrogen-bond donors (Lipinski definition) is 2. The third kappa shape index (κ3) is 3.85. The van der Waals surface area contributed by atoms with Crippen LogP contribution in [0.5, 0.6) is 0 Å². The molecule has 0 aromatic carbocycles. The van der Waals surface area contributed by atoms with Crippen molar-refractivity contribution in [3.05, 3.63) is 30.6 Å². The summed E-state index contributed by atoms with van der Waals surface area (Å²) in [4.78, 5) is 16.3. The summed E-state index contributed by atoms with van der Waals surface area (Å²) in [5, 5.41) is 9.81. The summed E-state index contributed by atoms with van der Waals surface area (Å²) < 4.78 is 0. The van der Waals surface area contributed by atoms with Gasteiger partial charge in [0.1, 0.15) is 0 Å². The van der Waals surface area contributed by atoms with Gasteiger partial charge in [-0.25, -0.2) is 0 Å². The first-order valence-corrected chi connectivity index (χ1v) is 8.00. The molecule has 0 unspecified atom stereocenters. The Balaban J connectivity index is 2.11. The van der Waals surface area contributed by atoms with Crippen molar-refractivity contribution in [1.29, 1.82) is 0 Å². The van der Waals surface area contributed by atoms with Crippen LogP contribution in [0.4, 0.5) is 5.82 Å². The molecule has 2 N–H and O–H groups in total. The highest BCUT2D eigenvalue weighted by molar-refractivity contribution is 8.00. The molecule has 0 bridgehead atoms. The van der Waals surface area contributed by atoms with E-state index < -0.39 is 0 Å². The fraction of sp³-hybridized carbons (Fsp3) is 0.400. The largest absolute Gasteiger partial charge is 0.308 e. The molecular formula is C15H20N4OS. The molecular weight excluding hydrogens is 284 g/mol. The number of aromatic amines is 1. The Labute approximate surface area is 128 Å². The van der Waals surface area contributed by atoms with E-state index in [1.807, 2.05) is 24.5 Å². The van der Waals surface area contributed by atoms with E-state index in [9.17, 15) is 4.79 Å². The molecule has 0 spiro atoms. The lowest BCUT2D eigenvalue weighted by Crippen LogP contribution is -2.35. The predicted molar refractivity (Wildman–Crippen MR) is 87.2 cm³/mol. The van der Waals surface area contributed by atoms with Gasteiger partial charge in [0.05, 0.1) is 10.9 Å². The van der Waals surface area contributed by atoms with E-state index in [1.165, 1.54) is 0 Å². The molecule has 21 heavy (non-hydrogen) atoms. The molecule has 2 aromatic heterocycles. The average molecular weight is 304 g/mol. The minimum absolute atomic E-state index is 0.0252. The van der Waals surface area contributed by atoms with Crippen LogP contribution in [0.3, 0.4) is 0 Å². The fourth-order valence-corrected chi connectivity index (χ4v) is 3.09. The van der Waals surface area contributed by atoms with Gasteiger partial charge in [-0.2, -0.15) is 16.9 Å². The van der Waals surface area contributed by atoms with Crippen LogP contribution in [-0.2, 0) is 4.79 Å². The van der Waals surface area contributed by atoms with Gasteiger partial charge in [0, 0.05) is 24.0 Å². The maximum absolute atomic E-state index is 12.3. The Kier molecular flexibility index (Phi) is 4.67. The van der Waals surface area contributed by atoms with E-state index in [-0.39, 0.29) is 16.6 Å². The molecule has 0 radical (unpaired) electrons. The van der Waals surface area contributed by atoms with Crippen LogP contribution in [0.15, 0.2) is 30.6 Å². The second-order valence-corrected chi connectivity index (χ2v) is 6.82. The van der Waals surface area contributed by atoms with Gasteiger partial charge >= 0.3 is 0 Å². The van der Waals surface area contributed by atoms with E-state index in [4.69, 9.17) is 0 Å². The third-order valence-corrected chi connectivity index (χ3v) is 4.47. The van der Waals surface area contributed by atoms with Crippen molar-refractivity contribution in [3.63, 3.8) is 0 Å². The van der Waals surface area contributed by atoms with Gasteiger partial charge in [-0.3, -0.25) is 14.9 Å². The molecule has 0 saturated heterocycles. The number of anilines is 1. The minimum Gasteiger partial charge on any atom is -0.308 e. The van der Waals surface area contributed by atoms with Gasteiger partial charge < -0.3 is 5.32 Å². The second-order valence-electron chi connectivity index (χ2n) is 5.87. The quantitative estimate of drug-likeness (QED) is 0.910. The number of pyridine rings is 1. The molecule has 0 saturated carbocycles. The summed E-state index contributed by atoms with van der Waals surface area (Å²) in [7, 11) is 0. The zero-order chi connectivity index (χ0) is 15.5. The van der Waals surface area contributed by atoms with Crippen molar-refractivity contribution >= 4 is 23.5 Å². The van der Waals surface area contributed by atoms with Gasteiger partial charge in [0.15, 0.2) is 5.82 Å². The first-order valence-electron chi connectivity index (χ1n) is 6.71. The van der Waals surface area contributed by atoms with Crippen molar-refractivity contribution in [1.82, 2.24) is 15.2 Å². The molecule has 0 fully saturated rings. The molecule has 1 atom stereocenters.